The van der Waals surface area contributed by atoms with E-state index in [9.17, 15) is 39.3 Å². The fourth-order valence-electron chi connectivity index (χ4n) is 10.1. The normalized spacial score (nSPS) is 39.1. The zero-order valence-electron chi connectivity index (χ0n) is 40.6. The molecule has 1 amide bonds. The number of piperidine rings is 1. The molecule has 15 atom stereocenters. The summed E-state index contributed by atoms with van der Waals surface area (Å²) in [6.07, 6.45) is 11.2. The number of carbonyl (C=O) groups excluding carboxylic acids is 5. The number of rotatable bonds is 6. The van der Waals surface area contributed by atoms with Gasteiger partial charge in [0, 0.05) is 58.5 Å². The average Bonchev–Trinajstić information content (AvgIpc) is 3.28. The number of esters is 1. The van der Waals surface area contributed by atoms with E-state index in [0.717, 1.165) is 12.0 Å². The Hall–Kier alpha value is -3.37. The Labute approximate surface area is 387 Å². The van der Waals surface area contributed by atoms with Gasteiger partial charge < -0.3 is 43.9 Å². The second-order valence-electron chi connectivity index (χ2n) is 19.6. The Bertz CT molecular complexity index is 1760. The summed E-state index contributed by atoms with van der Waals surface area (Å²) in [6, 6.07) is -1.14. The van der Waals surface area contributed by atoms with Crippen LogP contribution in [0.15, 0.2) is 47.6 Å². The maximum Gasteiger partial charge on any atom is 0.329 e. The van der Waals surface area contributed by atoms with E-state index in [4.69, 9.17) is 23.7 Å². The van der Waals surface area contributed by atoms with Crippen molar-refractivity contribution in [3.05, 3.63) is 47.6 Å². The predicted octanol–water partition coefficient (Wildman–Crippen LogP) is 6.18. The zero-order valence-corrected chi connectivity index (χ0v) is 40.6. The molecule has 0 aromatic carbocycles. The molecule has 0 aromatic rings. The van der Waals surface area contributed by atoms with Crippen LogP contribution in [0.25, 0.3) is 0 Å². The molecule has 4 rings (SSSR count). The molecule has 0 spiro atoms. The highest BCUT2D eigenvalue weighted by Crippen LogP contribution is 2.38. The first-order valence-electron chi connectivity index (χ1n) is 23.9. The topological polar surface area (TPSA) is 195 Å². The number of Topliss-reactive ketones (excluding diaryl/α,β-unsaturated/α-hetero) is 3. The number of carbonyl (C=O) groups is 5. The van der Waals surface area contributed by atoms with E-state index in [0.29, 0.717) is 63.4 Å². The van der Waals surface area contributed by atoms with Gasteiger partial charge in [0.15, 0.2) is 5.78 Å². The van der Waals surface area contributed by atoms with Crippen LogP contribution in [0.2, 0.25) is 0 Å². The highest BCUT2D eigenvalue weighted by molar-refractivity contribution is 6.39. The van der Waals surface area contributed by atoms with E-state index < -0.39 is 83.9 Å². The van der Waals surface area contributed by atoms with Crippen LogP contribution in [0, 0.1) is 35.5 Å². The number of fused-ring (bicyclic) bond motifs is 3. The molecule has 14 heteroatoms. The quantitative estimate of drug-likeness (QED) is 0.156. The molecule has 65 heavy (non-hydrogen) atoms. The van der Waals surface area contributed by atoms with Crippen LogP contribution >= 0.6 is 0 Å². The molecule has 3 fully saturated rings. The third kappa shape index (κ3) is 14.3. The molecule has 1 saturated carbocycles. The third-order valence-corrected chi connectivity index (χ3v) is 14.5. The molecule has 0 radical (unpaired) electrons. The lowest BCUT2D eigenvalue weighted by molar-refractivity contribution is -0.265. The molecule has 2 bridgehead atoms. The smallest absolute Gasteiger partial charge is 0.329 e. The van der Waals surface area contributed by atoms with E-state index >= 15 is 0 Å². The van der Waals surface area contributed by atoms with E-state index in [1.165, 1.54) is 12.0 Å². The van der Waals surface area contributed by atoms with Gasteiger partial charge in [0.1, 0.15) is 30.1 Å². The molecule has 0 aromatic heterocycles. The Morgan fingerprint density at radius 3 is 2.25 bits per heavy atom. The van der Waals surface area contributed by atoms with Crippen LogP contribution < -0.4 is 0 Å². The molecule has 3 N–H and O–H groups in total. The second kappa shape index (κ2) is 25.1. The number of amides is 1. The maximum atomic E-state index is 14.4. The number of cyclic esters (lactones) is 1. The Kier molecular flexibility index (Phi) is 21.0. The number of allylic oxidation sites excluding steroid dienone is 6. The summed E-state index contributed by atoms with van der Waals surface area (Å²) in [5, 5.41) is 33.8. The van der Waals surface area contributed by atoms with E-state index in [1.54, 1.807) is 41.1 Å². The molecular weight excluding hydrogens is 835 g/mol. The van der Waals surface area contributed by atoms with Crippen molar-refractivity contribution in [2.24, 2.45) is 35.5 Å². The third-order valence-electron chi connectivity index (χ3n) is 14.5. The molecule has 3 heterocycles. The predicted molar refractivity (Wildman–Crippen MR) is 245 cm³/mol. The van der Waals surface area contributed by atoms with Crippen LogP contribution in [-0.4, -0.2) is 132 Å². The van der Waals surface area contributed by atoms with Gasteiger partial charge in [-0.2, -0.15) is 0 Å². The number of hydrogen-bond acceptors (Lipinski definition) is 13. The maximum absolute atomic E-state index is 14.4. The summed E-state index contributed by atoms with van der Waals surface area (Å²) in [5.41, 5.74) is 1.27. The van der Waals surface area contributed by atoms with Crippen molar-refractivity contribution in [1.29, 1.82) is 0 Å². The van der Waals surface area contributed by atoms with Crippen molar-refractivity contribution in [2.75, 3.05) is 27.9 Å². The summed E-state index contributed by atoms with van der Waals surface area (Å²) in [6.45, 7) is 12.7. The molecule has 3 aliphatic heterocycles. The first kappa shape index (κ1) is 54.2. The lowest BCUT2D eigenvalue weighted by Crippen LogP contribution is -2.61. The zero-order chi connectivity index (χ0) is 48.2. The summed E-state index contributed by atoms with van der Waals surface area (Å²) in [4.78, 5) is 71.8. The van der Waals surface area contributed by atoms with Crippen molar-refractivity contribution in [3.8, 4) is 0 Å². The SMILES string of the molecule is COC1CC2CC[C@@H](C)[C@@](O)(O2)C(=O)C(=O)N2CCCC[C@H]2C(=O)O[C@H]([C@H](C)C[C@@H]2CC[C@@H](O)[C@H](OC)C2)CC(=O)C(C)/C=C(\C)C(O)[C@@H](OC)C(=O)[C@H](C)C[C@H](C)/C=C/C=CC=C1C. The van der Waals surface area contributed by atoms with Crippen LogP contribution in [0.4, 0.5) is 0 Å². The lowest BCUT2D eigenvalue weighted by atomic mass is 9.78. The fraction of sp³-hybridized carbons (Fsp3) is 0.745. The van der Waals surface area contributed by atoms with Gasteiger partial charge in [-0.15, -0.1) is 0 Å². The van der Waals surface area contributed by atoms with Crippen LogP contribution in [-0.2, 0) is 47.7 Å². The monoisotopic (exact) mass is 914 g/mol. The van der Waals surface area contributed by atoms with Gasteiger partial charge in [-0.25, -0.2) is 4.79 Å². The molecule has 4 aliphatic rings. The van der Waals surface area contributed by atoms with Gasteiger partial charge in [0.25, 0.3) is 11.7 Å². The van der Waals surface area contributed by atoms with Crippen molar-refractivity contribution < 1.29 is 63.0 Å². The number of hydrogen-bond donors (Lipinski definition) is 3. The van der Waals surface area contributed by atoms with Crippen LogP contribution in [0.3, 0.4) is 0 Å². The molecule has 366 valence electrons. The average molecular weight is 914 g/mol. The van der Waals surface area contributed by atoms with E-state index in [-0.39, 0.29) is 54.8 Å². The van der Waals surface area contributed by atoms with Gasteiger partial charge >= 0.3 is 5.97 Å². The van der Waals surface area contributed by atoms with Gasteiger partial charge in [-0.05, 0) is 107 Å². The Morgan fingerprint density at radius 1 is 0.846 bits per heavy atom. The minimum Gasteiger partial charge on any atom is -0.460 e. The molecule has 1 aliphatic carbocycles. The van der Waals surface area contributed by atoms with Crippen molar-refractivity contribution in [1.82, 2.24) is 4.90 Å². The largest absolute Gasteiger partial charge is 0.460 e. The number of ether oxygens (including phenoxy) is 5. The minimum atomic E-state index is -2.43. The number of methoxy groups -OCH3 is 3. The summed E-state index contributed by atoms with van der Waals surface area (Å²) in [7, 11) is 4.52. The summed E-state index contributed by atoms with van der Waals surface area (Å²) < 4.78 is 29.4. The number of aliphatic hydroxyl groups excluding tert-OH is 2. The fourth-order valence-corrected chi connectivity index (χ4v) is 10.1. The molecule has 14 nitrogen and oxygen atoms in total. The van der Waals surface area contributed by atoms with Gasteiger partial charge in [0.2, 0.25) is 5.79 Å². The van der Waals surface area contributed by atoms with Gasteiger partial charge in [-0.1, -0.05) is 71.1 Å². The van der Waals surface area contributed by atoms with Gasteiger partial charge in [0.05, 0.1) is 24.4 Å². The Morgan fingerprint density at radius 2 is 1.57 bits per heavy atom. The molecular formula is C51H79NO13. The summed E-state index contributed by atoms with van der Waals surface area (Å²) >= 11 is 0. The van der Waals surface area contributed by atoms with Crippen LogP contribution in [0.1, 0.15) is 126 Å². The van der Waals surface area contributed by atoms with Crippen molar-refractivity contribution >= 4 is 29.2 Å². The molecule has 4 unspecified atom stereocenters. The first-order chi connectivity index (χ1) is 30.7. The minimum absolute atomic E-state index is 0.0193. The van der Waals surface area contributed by atoms with Gasteiger partial charge in [-0.3, -0.25) is 19.2 Å². The standard InChI is InChI=1S/C51H79NO13/c1-30-16-12-11-13-17-31(2)42(61-8)28-38-21-19-36(7)51(60,65-38)48(57)49(58)52-23-15-14-18-39(52)50(59)64-43(33(4)26-37-20-22-40(53)44(27-37)62-9)29-41(54)32(3)25-35(6)46(56)47(63-10)45(55)34(5)24-30/h11-13,16-17,25,30,32-34,36-40,42-44,46-47,53,56,60H,14-15,18-24,26-29H2,1-10H3/b13-11?,16-12+,31-17?,35-25+/t30-,32?,33-,34-,36-,37+,38?,39+,40-,42?,43+,44-,46?,47+,51-/m1/s1. The number of nitrogens with zero attached hydrogens (tertiary/aromatic N) is 1. The highest BCUT2D eigenvalue weighted by atomic mass is 16.6. The molecule has 2 saturated heterocycles. The first-order valence-corrected chi connectivity index (χ1v) is 23.9. The van der Waals surface area contributed by atoms with E-state index in [1.807, 2.05) is 58.1 Å². The lowest BCUT2D eigenvalue weighted by Gasteiger charge is -2.42. The second-order valence-corrected chi connectivity index (χ2v) is 19.6. The van der Waals surface area contributed by atoms with Crippen LogP contribution in [0.5, 0.6) is 0 Å². The van der Waals surface area contributed by atoms with Crippen molar-refractivity contribution in [2.45, 2.75) is 180 Å². The summed E-state index contributed by atoms with van der Waals surface area (Å²) in [5.74, 6) is -7.96. The number of ketones is 3. The van der Waals surface area contributed by atoms with Crippen molar-refractivity contribution in [3.63, 3.8) is 0 Å². The number of aliphatic hydroxyl groups is 3. The van der Waals surface area contributed by atoms with E-state index in [2.05, 4.69) is 0 Å². The highest BCUT2D eigenvalue weighted by Gasteiger charge is 2.53. The Balaban J connectivity index is 1.70.